The first-order valence-electron chi connectivity index (χ1n) is 13.6. The predicted octanol–water partition coefficient (Wildman–Crippen LogP) is 4.40. The molecule has 3 N–H and O–H groups in total. The molecule has 2 aromatic carbocycles. The molecule has 0 spiro atoms. The second-order valence-electron chi connectivity index (χ2n) is 11.0. The highest BCUT2D eigenvalue weighted by atomic mass is 16.2. The molecule has 9 heteroatoms. The Bertz CT molecular complexity index is 1520. The van der Waals surface area contributed by atoms with Crippen molar-refractivity contribution in [1.82, 2.24) is 19.4 Å². The van der Waals surface area contributed by atoms with Gasteiger partial charge in [0.15, 0.2) is 0 Å². The first kappa shape index (κ1) is 26.5. The van der Waals surface area contributed by atoms with Crippen LogP contribution < -0.4 is 16.0 Å². The maximum absolute atomic E-state index is 13.9. The van der Waals surface area contributed by atoms with Gasteiger partial charge in [0.1, 0.15) is 17.2 Å². The molecule has 1 saturated carbocycles. The SMILES string of the molecule is CC(C)Cn1c(C(=O)N(CC(N)=O)C2CCC2)cc2c(N(C)C)nc(NCc3cccc4ccccc34)nc21. The lowest BCUT2D eigenvalue weighted by Crippen LogP contribution is -2.48. The third-order valence-corrected chi connectivity index (χ3v) is 7.34. The molecule has 204 valence electrons. The summed E-state index contributed by atoms with van der Waals surface area (Å²) < 4.78 is 1.98. The highest BCUT2D eigenvalue weighted by molar-refractivity contribution is 6.02. The smallest absolute Gasteiger partial charge is 0.271 e. The van der Waals surface area contributed by atoms with E-state index in [2.05, 4.69) is 49.5 Å². The van der Waals surface area contributed by atoms with Crippen molar-refractivity contribution >= 4 is 45.4 Å². The number of benzene rings is 2. The summed E-state index contributed by atoms with van der Waals surface area (Å²) in [6.07, 6.45) is 2.81. The van der Waals surface area contributed by atoms with Crippen LogP contribution in [0.25, 0.3) is 21.8 Å². The Morgan fingerprint density at radius 2 is 1.82 bits per heavy atom. The van der Waals surface area contributed by atoms with E-state index in [4.69, 9.17) is 15.7 Å². The van der Waals surface area contributed by atoms with Crippen LogP contribution in [0.1, 0.15) is 49.2 Å². The summed E-state index contributed by atoms with van der Waals surface area (Å²) in [5.41, 5.74) is 7.90. The molecule has 5 rings (SSSR count). The van der Waals surface area contributed by atoms with Crippen molar-refractivity contribution in [2.45, 2.75) is 52.2 Å². The molecule has 0 saturated heterocycles. The third kappa shape index (κ3) is 5.39. The lowest BCUT2D eigenvalue weighted by atomic mass is 9.91. The van der Waals surface area contributed by atoms with Crippen LogP contribution in [0.5, 0.6) is 0 Å². The number of carbonyl (C=O) groups is 2. The number of anilines is 2. The van der Waals surface area contributed by atoms with Crippen LogP contribution >= 0.6 is 0 Å². The number of amides is 2. The summed E-state index contributed by atoms with van der Waals surface area (Å²) in [6.45, 7) is 5.30. The van der Waals surface area contributed by atoms with Gasteiger partial charge in [-0.1, -0.05) is 56.3 Å². The Morgan fingerprint density at radius 3 is 2.49 bits per heavy atom. The largest absolute Gasteiger partial charge is 0.368 e. The molecule has 4 aromatic rings. The van der Waals surface area contributed by atoms with Gasteiger partial charge in [0.05, 0.1) is 11.9 Å². The lowest BCUT2D eigenvalue weighted by Gasteiger charge is -2.37. The van der Waals surface area contributed by atoms with Crippen molar-refractivity contribution < 1.29 is 9.59 Å². The van der Waals surface area contributed by atoms with Gasteiger partial charge < -0.3 is 25.4 Å². The maximum Gasteiger partial charge on any atom is 0.271 e. The first-order chi connectivity index (χ1) is 18.7. The zero-order chi connectivity index (χ0) is 27.7. The molecular weight excluding hydrogens is 490 g/mol. The summed E-state index contributed by atoms with van der Waals surface area (Å²) in [7, 11) is 3.87. The van der Waals surface area contributed by atoms with E-state index in [-0.39, 0.29) is 24.4 Å². The number of nitrogens with zero attached hydrogens (tertiary/aromatic N) is 5. The zero-order valence-electron chi connectivity index (χ0n) is 23.1. The average molecular weight is 528 g/mol. The molecular formula is C30H37N7O2. The van der Waals surface area contributed by atoms with Gasteiger partial charge in [-0.25, -0.2) is 0 Å². The number of nitrogens with one attached hydrogen (secondary N) is 1. The fourth-order valence-corrected chi connectivity index (χ4v) is 5.26. The van der Waals surface area contributed by atoms with Crippen LogP contribution in [-0.2, 0) is 17.9 Å². The van der Waals surface area contributed by atoms with E-state index in [0.717, 1.165) is 36.0 Å². The second-order valence-corrected chi connectivity index (χ2v) is 11.0. The van der Waals surface area contributed by atoms with E-state index >= 15 is 0 Å². The highest BCUT2D eigenvalue weighted by Gasteiger charge is 2.33. The average Bonchev–Trinajstić information content (AvgIpc) is 3.22. The van der Waals surface area contributed by atoms with Crippen LogP contribution in [0.3, 0.4) is 0 Å². The molecule has 9 nitrogen and oxygen atoms in total. The number of nitrogens with two attached hydrogens (primary N) is 1. The number of carbonyl (C=O) groups excluding carboxylic acids is 2. The van der Waals surface area contributed by atoms with Gasteiger partial charge >= 0.3 is 0 Å². The Kier molecular flexibility index (Phi) is 7.41. The van der Waals surface area contributed by atoms with Crippen molar-refractivity contribution in [3.63, 3.8) is 0 Å². The van der Waals surface area contributed by atoms with Gasteiger partial charge in [-0.2, -0.15) is 9.97 Å². The number of aromatic nitrogens is 3. The van der Waals surface area contributed by atoms with Gasteiger partial charge in [0.2, 0.25) is 11.9 Å². The van der Waals surface area contributed by atoms with Gasteiger partial charge in [0.25, 0.3) is 5.91 Å². The van der Waals surface area contributed by atoms with E-state index in [9.17, 15) is 9.59 Å². The molecule has 2 aromatic heterocycles. The van der Waals surface area contributed by atoms with Crippen LogP contribution in [0.2, 0.25) is 0 Å². The van der Waals surface area contributed by atoms with Gasteiger partial charge in [-0.3, -0.25) is 9.59 Å². The fraction of sp³-hybridized carbons (Fsp3) is 0.400. The number of fused-ring (bicyclic) bond motifs is 2. The van der Waals surface area contributed by atoms with Gasteiger partial charge in [-0.15, -0.1) is 0 Å². The normalized spacial score (nSPS) is 13.6. The highest BCUT2D eigenvalue weighted by Crippen LogP contribution is 2.32. The molecule has 0 bridgehead atoms. The molecule has 1 aliphatic carbocycles. The molecule has 0 aliphatic heterocycles. The number of primary amides is 1. The van der Waals surface area contributed by atoms with Crippen LogP contribution in [0, 0.1) is 5.92 Å². The molecule has 2 heterocycles. The number of hydrogen-bond donors (Lipinski definition) is 2. The lowest BCUT2D eigenvalue weighted by molar-refractivity contribution is -0.119. The van der Waals surface area contributed by atoms with Crippen molar-refractivity contribution in [2.75, 3.05) is 30.9 Å². The summed E-state index contributed by atoms with van der Waals surface area (Å²) in [6, 6.07) is 16.5. The maximum atomic E-state index is 13.9. The first-order valence-corrected chi connectivity index (χ1v) is 13.6. The second kappa shape index (κ2) is 10.9. The van der Waals surface area contributed by atoms with Crippen molar-refractivity contribution in [1.29, 1.82) is 0 Å². The quantitative estimate of drug-likeness (QED) is 0.316. The van der Waals surface area contributed by atoms with E-state index in [1.54, 1.807) is 4.90 Å². The van der Waals surface area contributed by atoms with E-state index in [1.807, 2.05) is 41.8 Å². The summed E-state index contributed by atoms with van der Waals surface area (Å²) >= 11 is 0. The monoisotopic (exact) mass is 527 g/mol. The van der Waals surface area contributed by atoms with E-state index in [0.29, 0.717) is 30.4 Å². The Hall–Kier alpha value is -4.14. The third-order valence-electron chi connectivity index (χ3n) is 7.34. The molecule has 1 aliphatic rings. The molecule has 0 atom stereocenters. The van der Waals surface area contributed by atoms with Crippen molar-refractivity contribution in [3.05, 3.63) is 59.8 Å². The predicted molar refractivity (Wildman–Crippen MR) is 156 cm³/mol. The van der Waals surface area contributed by atoms with Crippen LogP contribution in [0.15, 0.2) is 48.5 Å². The van der Waals surface area contributed by atoms with E-state index < -0.39 is 5.91 Å². The minimum Gasteiger partial charge on any atom is -0.368 e. The Balaban J connectivity index is 1.57. The number of hydrogen-bond acceptors (Lipinski definition) is 6. The topological polar surface area (TPSA) is 109 Å². The minimum absolute atomic E-state index is 0.0350. The molecule has 1 fully saturated rings. The van der Waals surface area contributed by atoms with Gasteiger partial charge in [-0.05, 0) is 47.6 Å². The molecule has 0 unspecified atom stereocenters. The molecule has 0 radical (unpaired) electrons. The van der Waals surface area contributed by atoms with Crippen molar-refractivity contribution in [3.8, 4) is 0 Å². The minimum atomic E-state index is -0.504. The Morgan fingerprint density at radius 1 is 1.08 bits per heavy atom. The summed E-state index contributed by atoms with van der Waals surface area (Å²) in [5.74, 6) is 0.796. The van der Waals surface area contributed by atoms with Crippen LogP contribution in [0.4, 0.5) is 11.8 Å². The van der Waals surface area contributed by atoms with Crippen molar-refractivity contribution in [2.24, 2.45) is 11.7 Å². The number of rotatable bonds is 10. The summed E-state index contributed by atoms with van der Waals surface area (Å²) in [4.78, 5) is 39.1. The van der Waals surface area contributed by atoms with Crippen LogP contribution in [-0.4, -0.2) is 57.9 Å². The Labute approximate surface area is 229 Å². The summed E-state index contributed by atoms with van der Waals surface area (Å²) in [5, 5.41) is 6.59. The molecule has 2 amide bonds. The van der Waals surface area contributed by atoms with E-state index in [1.165, 1.54) is 10.8 Å². The van der Waals surface area contributed by atoms with Gasteiger partial charge in [0, 0.05) is 33.2 Å². The fourth-order valence-electron chi connectivity index (χ4n) is 5.26. The standard InChI is InChI=1S/C30H37N7O2/c1-19(2)17-37-25(29(39)36(18-26(31)38)22-12-8-13-22)15-24-27(35(3)4)33-30(34-28(24)37)32-16-21-11-7-10-20-9-5-6-14-23(20)21/h5-7,9-11,14-15,19,22H,8,12-13,16-18H2,1-4H3,(H2,31,38)(H,32,33,34). The molecule has 39 heavy (non-hydrogen) atoms. The zero-order valence-corrected chi connectivity index (χ0v) is 23.1.